The van der Waals surface area contributed by atoms with Crippen molar-refractivity contribution in [1.82, 2.24) is 4.90 Å². The average Bonchev–Trinajstić information content (AvgIpc) is 3.37. The van der Waals surface area contributed by atoms with Crippen molar-refractivity contribution < 1.29 is 24.5 Å². The van der Waals surface area contributed by atoms with Crippen molar-refractivity contribution in [3.8, 4) is 11.5 Å². The molecule has 158 valence electrons. The van der Waals surface area contributed by atoms with Gasteiger partial charge in [-0.05, 0) is 53.4 Å². The van der Waals surface area contributed by atoms with Crippen molar-refractivity contribution in [2.24, 2.45) is 0 Å². The fourth-order valence-corrected chi connectivity index (χ4v) is 4.42. The number of halogens is 1. The van der Waals surface area contributed by atoms with Crippen LogP contribution >= 0.6 is 22.9 Å². The molecule has 8 heteroatoms. The number of amides is 1. The first-order valence-corrected chi connectivity index (χ1v) is 10.6. The summed E-state index contributed by atoms with van der Waals surface area (Å²) in [5, 5.41) is 23.4. The lowest BCUT2D eigenvalue weighted by atomic mass is 9.95. The standard InChI is InChI=1S/C23H18ClNO5S/c1-30-18-11-14(6-9-17(18)26)20-19(21(27)13-4-7-15(24)8-5-13)22(28)23(29)25(20)12-16-3-2-10-31-16/h2-11,20,26-27H,12H2,1H3/b21-19+. The maximum atomic E-state index is 13.0. The molecular formula is C23H18ClNO5S. The minimum atomic E-state index is -0.854. The molecule has 0 bridgehead atoms. The maximum Gasteiger partial charge on any atom is 0.295 e. The molecule has 1 aliphatic rings. The Hall–Kier alpha value is -3.29. The molecule has 4 rings (SSSR count). The number of benzene rings is 2. The molecule has 0 spiro atoms. The van der Waals surface area contributed by atoms with E-state index in [4.69, 9.17) is 16.3 Å². The van der Waals surface area contributed by atoms with Crippen LogP contribution in [-0.4, -0.2) is 33.9 Å². The zero-order valence-corrected chi connectivity index (χ0v) is 18.0. The van der Waals surface area contributed by atoms with Crippen LogP contribution in [0.25, 0.3) is 5.76 Å². The highest BCUT2D eigenvalue weighted by atomic mass is 35.5. The van der Waals surface area contributed by atoms with Crippen LogP contribution < -0.4 is 4.74 Å². The van der Waals surface area contributed by atoms with E-state index in [0.29, 0.717) is 16.1 Å². The third kappa shape index (κ3) is 3.89. The van der Waals surface area contributed by atoms with Crippen LogP contribution in [0.1, 0.15) is 22.0 Å². The zero-order valence-electron chi connectivity index (χ0n) is 16.4. The van der Waals surface area contributed by atoms with Crippen LogP contribution in [0.5, 0.6) is 11.5 Å². The number of rotatable bonds is 5. The number of Topliss-reactive ketones (excluding diaryl/α,β-unsaturated/α-hetero) is 1. The zero-order chi connectivity index (χ0) is 22.1. The Balaban J connectivity index is 1.89. The number of nitrogens with zero attached hydrogens (tertiary/aromatic N) is 1. The fraction of sp³-hybridized carbons (Fsp3) is 0.130. The number of ketones is 1. The van der Waals surface area contributed by atoms with E-state index in [1.807, 2.05) is 17.5 Å². The first-order valence-electron chi connectivity index (χ1n) is 9.34. The molecule has 1 aliphatic heterocycles. The van der Waals surface area contributed by atoms with Crippen LogP contribution in [0, 0.1) is 0 Å². The van der Waals surface area contributed by atoms with Gasteiger partial charge in [0.05, 0.1) is 25.3 Å². The van der Waals surface area contributed by atoms with Gasteiger partial charge in [0.25, 0.3) is 11.7 Å². The van der Waals surface area contributed by atoms with Crippen LogP contribution in [0.4, 0.5) is 0 Å². The second kappa shape index (κ2) is 8.45. The summed E-state index contributed by atoms with van der Waals surface area (Å²) < 4.78 is 5.20. The Morgan fingerprint density at radius 3 is 2.55 bits per heavy atom. The summed E-state index contributed by atoms with van der Waals surface area (Å²) in [5.74, 6) is -1.65. The number of methoxy groups -OCH3 is 1. The number of hydrogen-bond acceptors (Lipinski definition) is 6. The van der Waals surface area contributed by atoms with Gasteiger partial charge < -0.3 is 19.8 Å². The fourth-order valence-electron chi connectivity index (χ4n) is 3.59. The van der Waals surface area contributed by atoms with Gasteiger partial charge in [0.1, 0.15) is 5.76 Å². The van der Waals surface area contributed by atoms with E-state index >= 15 is 0 Å². The molecule has 1 fully saturated rings. The van der Waals surface area contributed by atoms with E-state index in [2.05, 4.69) is 0 Å². The lowest BCUT2D eigenvalue weighted by molar-refractivity contribution is -0.140. The van der Waals surface area contributed by atoms with Crippen molar-refractivity contribution >= 4 is 40.4 Å². The minimum Gasteiger partial charge on any atom is -0.507 e. The van der Waals surface area contributed by atoms with E-state index in [1.165, 1.54) is 29.4 Å². The van der Waals surface area contributed by atoms with Gasteiger partial charge in [-0.2, -0.15) is 0 Å². The number of aliphatic hydroxyl groups is 1. The molecule has 2 heterocycles. The summed E-state index contributed by atoms with van der Waals surface area (Å²) >= 11 is 7.40. The van der Waals surface area contributed by atoms with Crippen molar-refractivity contribution in [3.63, 3.8) is 0 Å². The van der Waals surface area contributed by atoms with Crippen molar-refractivity contribution in [3.05, 3.63) is 86.6 Å². The molecule has 1 atom stereocenters. The summed E-state index contributed by atoms with van der Waals surface area (Å²) in [7, 11) is 1.41. The molecule has 0 saturated carbocycles. The van der Waals surface area contributed by atoms with Gasteiger partial charge in [-0.3, -0.25) is 9.59 Å². The summed E-state index contributed by atoms with van der Waals surface area (Å²) in [6.45, 7) is 0.202. The number of carbonyl (C=O) groups excluding carboxylic acids is 2. The number of hydrogen-bond donors (Lipinski definition) is 2. The summed E-state index contributed by atoms with van der Waals surface area (Å²) in [6.07, 6.45) is 0. The summed E-state index contributed by atoms with van der Waals surface area (Å²) in [4.78, 5) is 28.3. The molecule has 0 aliphatic carbocycles. The monoisotopic (exact) mass is 455 g/mol. The molecule has 31 heavy (non-hydrogen) atoms. The van der Waals surface area contributed by atoms with Gasteiger partial charge in [0.15, 0.2) is 11.5 Å². The predicted molar refractivity (Wildman–Crippen MR) is 118 cm³/mol. The van der Waals surface area contributed by atoms with Crippen molar-refractivity contribution in [1.29, 1.82) is 0 Å². The Morgan fingerprint density at radius 2 is 1.90 bits per heavy atom. The van der Waals surface area contributed by atoms with E-state index in [0.717, 1.165) is 4.88 Å². The molecule has 6 nitrogen and oxygen atoms in total. The van der Waals surface area contributed by atoms with Gasteiger partial charge in [0, 0.05) is 15.5 Å². The Morgan fingerprint density at radius 1 is 1.16 bits per heavy atom. The molecular weight excluding hydrogens is 438 g/mol. The molecule has 2 N–H and O–H groups in total. The van der Waals surface area contributed by atoms with Crippen LogP contribution in [-0.2, 0) is 16.1 Å². The number of aliphatic hydroxyl groups excluding tert-OH is 1. The number of likely N-dealkylation sites (tertiary alicyclic amines) is 1. The summed E-state index contributed by atoms with van der Waals surface area (Å²) in [5.41, 5.74) is 0.867. The van der Waals surface area contributed by atoms with Crippen LogP contribution in [0.3, 0.4) is 0 Å². The molecule has 0 radical (unpaired) electrons. The van der Waals surface area contributed by atoms with Crippen molar-refractivity contribution in [2.45, 2.75) is 12.6 Å². The lowest BCUT2D eigenvalue weighted by Gasteiger charge is -2.25. The third-order valence-electron chi connectivity index (χ3n) is 5.08. The van der Waals surface area contributed by atoms with Crippen LogP contribution in [0.2, 0.25) is 5.02 Å². The topological polar surface area (TPSA) is 87.1 Å². The second-order valence-electron chi connectivity index (χ2n) is 6.94. The van der Waals surface area contributed by atoms with Gasteiger partial charge >= 0.3 is 0 Å². The average molecular weight is 456 g/mol. The van der Waals surface area contributed by atoms with Gasteiger partial charge in [-0.25, -0.2) is 0 Å². The highest BCUT2D eigenvalue weighted by Crippen LogP contribution is 2.42. The first kappa shape index (κ1) is 21.0. The maximum absolute atomic E-state index is 13.0. The van der Waals surface area contributed by atoms with Gasteiger partial charge in [-0.1, -0.05) is 23.7 Å². The number of ether oxygens (including phenoxy) is 1. The number of aromatic hydroxyl groups is 1. The Bertz CT molecular complexity index is 1170. The third-order valence-corrected chi connectivity index (χ3v) is 6.20. The molecule has 1 unspecified atom stereocenters. The first-order chi connectivity index (χ1) is 14.9. The smallest absolute Gasteiger partial charge is 0.295 e. The number of phenolic OH excluding ortho intramolecular Hbond substituents is 1. The quantitative estimate of drug-likeness (QED) is 0.329. The van der Waals surface area contributed by atoms with Gasteiger partial charge in [0.2, 0.25) is 0 Å². The Kier molecular flexibility index (Phi) is 5.71. The van der Waals surface area contributed by atoms with E-state index < -0.39 is 17.7 Å². The predicted octanol–water partition coefficient (Wildman–Crippen LogP) is 4.74. The Labute approximate surface area is 187 Å². The molecule has 1 aromatic heterocycles. The highest BCUT2D eigenvalue weighted by Gasteiger charge is 2.46. The minimum absolute atomic E-state index is 0.0309. The normalized spacial score (nSPS) is 17.9. The molecule has 1 saturated heterocycles. The summed E-state index contributed by atoms with van der Waals surface area (Å²) in [6, 6.07) is 13.8. The highest BCUT2D eigenvalue weighted by molar-refractivity contribution is 7.09. The van der Waals surface area contributed by atoms with Gasteiger partial charge in [-0.15, -0.1) is 11.3 Å². The second-order valence-corrected chi connectivity index (χ2v) is 8.41. The van der Waals surface area contributed by atoms with Crippen molar-refractivity contribution in [2.75, 3.05) is 7.11 Å². The lowest BCUT2D eigenvalue weighted by Crippen LogP contribution is -2.28. The SMILES string of the molecule is COc1cc(C2/C(=C(\O)c3ccc(Cl)cc3)C(=O)C(=O)N2Cc2cccs2)ccc1O. The van der Waals surface area contributed by atoms with E-state index in [1.54, 1.807) is 36.4 Å². The van der Waals surface area contributed by atoms with Crippen LogP contribution in [0.15, 0.2) is 65.6 Å². The number of phenols is 1. The van der Waals surface area contributed by atoms with E-state index in [-0.39, 0.29) is 29.4 Å². The largest absolute Gasteiger partial charge is 0.507 e. The molecule has 2 aromatic carbocycles. The number of carbonyl (C=O) groups is 2. The molecule has 1 amide bonds. The van der Waals surface area contributed by atoms with E-state index in [9.17, 15) is 19.8 Å². The molecule has 3 aromatic rings. The number of thiophene rings is 1.